The molecule has 1 aliphatic heterocycles. The third kappa shape index (κ3) is 31.9. The van der Waals surface area contributed by atoms with E-state index in [2.05, 4.69) is 126 Å². The molecule has 1 atom stereocenters. The van der Waals surface area contributed by atoms with Gasteiger partial charge in [0.15, 0.2) is 28.2 Å². The normalized spacial score (nSPS) is 15.0. The highest BCUT2D eigenvalue weighted by atomic mass is 35.5. The van der Waals surface area contributed by atoms with E-state index in [1.54, 1.807) is 47.5 Å². The number of nitrogens with one attached hydrogen (secondary N) is 2. The van der Waals surface area contributed by atoms with Gasteiger partial charge in [0.25, 0.3) is 16.7 Å². The van der Waals surface area contributed by atoms with Crippen LogP contribution in [0.4, 0.5) is 48.6 Å². The number of ether oxygens (including phenoxy) is 5. The number of carbonyl (C=O) groups excluding carboxylic acids is 3. The number of pyridine rings is 3. The number of alkyl halides is 1. The van der Waals surface area contributed by atoms with E-state index in [4.69, 9.17) is 56.9 Å². The van der Waals surface area contributed by atoms with Gasteiger partial charge < -0.3 is 29.0 Å². The van der Waals surface area contributed by atoms with E-state index >= 15 is 0 Å². The fraction of sp³-hybridized carbons (Fsp3) is 0.423. The average Bonchev–Trinajstić information content (AvgIpc) is 0.737. The smallest absolute Gasteiger partial charge is 0.414 e. The molecule has 4 fully saturated rings. The summed E-state index contributed by atoms with van der Waals surface area (Å²) >= 11 is 10.8. The van der Waals surface area contributed by atoms with Gasteiger partial charge in [-0.2, -0.15) is 9.40 Å². The lowest BCUT2D eigenvalue weighted by atomic mass is 9.86. The molecule has 4 aliphatic rings. The second-order valence-electron chi connectivity index (χ2n) is 39.5. The number of amides is 2. The summed E-state index contributed by atoms with van der Waals surface area (Å²) < 4.78 is 123. The monoisotopic (exact) mass is 2050 g/mol. The molecule has 2 amide bonds. The Morgan fingerprint density at radius 1 is 0.468 bits per heavy atom. The van der Waals surface area contributed by atoms with Crippen LogP contribution in [0.25, 0.3) is 32.6 Å². The minimum Gasteiger partial charge on any atom is -0.444 e. The number of sulfonamides is 1. The van der Waals surface area contributed by atoms with E-state index < -0.39 is 91.7 Å². The van der Waals surface area contributed by atoms with Crippen molar-refractivity contribution >= 4 is 125 Å². The molecule has 2 N–H and O–H groups in total. The summed E-state index contributed by atoms with van der Waals surface area (Å²) in [4.78, 5) is 97.5. The van der Waals surface area contributed by atoms with E-state index in [0.717, 1.165) is 62.7 Å². The molecular weight excluding hydrogens is 1920 g/mol. The minimum absolute atomic E-state index is 0.0169. The molecule has 16 rings (SSSR count). The SMILES string of the molecule is C[Si](C)(C)CCOCn1cnc2cc(N(Cc3ccc(C4CCCCC4)nc3)C(=O)OCc3ccccc3)ccc2c1=O.C[Si](C)(C)CCOCn1cnc2cc(NC(=O)OCc3ccccc3)ccc2c1=O.C[Si](C)(C)CCOCn1ncc2cc(NCc3ccc(C4CCCCC4)nc3)ccc2c1=O.ClCc1ccc(C2CCCCC2)nc1.O=C(Cl)[C@H]1CCN1S(=O)(=O)c1c(F)c(F)c(F)c(F)c1F. The second kappa shape index (κ2) is 51.7. The lowest BCUT2D eigenvalue weighted by Crippen LogP contribution is -2.54. The number of anilines is 3. The lowest BCUT2D eigenvalue weighted by Gasteiger charge is -2.37. The second-order valence-corrected chi connectivity index (χ2v) is 58.8. The van der Waals surface area contributed by atoms with Gasteiger partial charge in [-0.05, 0) is 175 Å². The van der Waals surface area contributed by atoms with Crippen molar-refractivity contribution in [2.45, 2.75) is 261 Å². The van der Waals surface area contributed by atoms with Gasteiger partial charge in [0, 0.05) is 139 Å². The Kier molecular flexibility index (Phi) is 39.9. The van der Waals surface area contributed by atoms with E-state index in [-0.39, 0.29) is 73.9 Å². The zero-order chi connectivity index (χ0) is 101. The van der Waals surface area contributed by atoms with Crippen LogP contribution in [0, 0.1) is 29.1 Å². The van der Waals surface area contributed by atoms with Gasteiger partial charge in [-0.25, -0.2) is 54.6 Å². The topological polar surface area (TPSA) is 305 Å². The Balaban J connectivity index is 0.000000164. The third-order valence-corrected chi connectivity index (χ3v) is 32.5. The van der Waals surface area contributed by atoms with Gasteiger partial charge in [0.2, 0.25) is 21.1 Å². The molecule has 26 nitrogen and oxygen atoms in total. The highest BCUT2D eigenvalue weighted by molar-refractivity contribution is 7.89. The largest absolute Gasteiger partial charge is 0.444 e. The van der Waals surface area contributed by atoms with Gasteiger partial charge >= 0.3 is 12.2 Å². The molecule has 3 aliphatic carbocycles. The molecule has 1 saturated heterocycles. The van der Waals surface area contributed by atoms with Crippen LogP contribution in [0.1, 0.15) is 165 Å². The van der Waals surface area contributed by atoms with Crippen molar-refractivity contribution in [2.24, 2.45) is 0 Å². The molecule has 0 bridgehead atoms. The van der Waals surface area contributed by atoms with Crippen LogP contribution in [0.15, 0.2) is 208 Å². The Labute approximate surface area is 832 Å². The van der Waals surface area contributed by atoms with Crippen molar-refractivity contribution in [3.63, 3.8) is 0 Å². The molecule has 7 heterocycles. The zero-order valence-electron chi connectivity index (χ0n) is 81.4. The highest BCUT2D eigenvalue weighted by Crippen LogP contribution is 2.38. The molecule has 12 aromatic rings. The molecule has 752 valence electrons. The first kappa shape index (κ1) is 109. The Bertz CT molecular complexity index is 6470. The van der Waals surface area contributed by atoms with E-state index in [9.17, 15) is 59.1 Å². The number of nitrogens with zero attached hydrogens (tertiary/aromatic N) is 11. The summed E-state index contributed by atoms with van der Waals surface area (Å²) in [6.07, 6.45) is 28.9. The van der Waals surface area contributed by atoms with Crippen molar-refractivity contribution in [2.75, 3.05) is 41.9 Å². The molecule has 0 unspecified atom stereocenters. The summed E-state index contributed by atoms with van der Waals surface area (Å²) in [5.74, 6) is -9.82. The first-order valence-electron chi connectivity index (χ1n) is 48.0. The molecule has 0 radical (unpaired) electrons. The van der Waals surface area contributed by atoms with Crippen LogP contribution >= 0.6 is 23.2 Å². The number of hydrogen-bond donors (Lipinski definition) is 2. The van der Waals surface area contributed by atoms with Crippen molar-refractivity contribution < 1.29 is 68.4 Å². The Morgan fingerprint density at radius 2 is 0.915 bits per heavy atom. The number of aromatic nitrogens is 9. The van der Waals surface area contributed by atoms with Gasteiger partial charge in [0.05, 0.1) is 39.9 Å². The Hall–Kier alpha value is -11.1. The average molecular weight is 2050 g/mol. The summed E-state index contributed by atoms with van der Waals surface area (Å²) in [7, 11) is -8.62. The predicted octanol–water partition coefficient (Wildman–Crippen LogP) is 23.5. The molecule has 37 heteroatoms. The number of benzene rings is 6. The molecule has 6 aromatic heterocycles. The quantitative estimate of drug-likeness (QED) is 0.00734. The van der Waals surface area contributed by atoms with Crippen molar-refractivity contribution in [3.05, 3.63) is 294 Å². The number of halogens is 7. The summed E-state index contributed by atoms with van der Waals surface area (Å²) in [6, 6.07) is 49.5. The molecule has 141 heavy (non-hydrogen) atoms. The van der Waals surface area contributed by atoms with Gasteiger partial charge in [-0.3, -0.25) is 53.5 Å². The summed E-state index contributed by atoms with van der Waals surface area (Å²) in [5, 5.41) is 11.7. The van der Waals surface area contributed by atoms with E-state index in [0.29, 0.717) is 88.6 Å². The Morgan fingerprint density at radius 3 is 1.38 bits per heavy atom. The van der Waals surface area contributed by atoms with Crippen molar-refractivity contribution in [3.8, 4) is 0 Å². The van der Waals surface area contributed by atoms with Crippen LogP contribution in [0.2, 0.25) is 77.1 Å². The first-order chi connectivity index (χ1) is 67.5. The third-order valence-electron chi connectivity index (χ3n) is 24.9. The van der Waals surface area contributed by atoms with E-state index in [1.807, 2.05) is 97.5 Å². The van der Waals surface area contributed by atoms with Crippen LogP contribution in [-0.2, 0) is 90.9 Å². The van der Waals surface area contributed by atoms with Crippen LogP contribution in [0.3, 0.4) is 0 Å². The van der Waals surface area contributed by atoms with Crippen LogP contribution in [-0.4, -0.2) is 131 Å². The van der Waals surface area contributed by atoms with E-state index in [1.165, 1.54) is 134 Å². The molecule has 0 spiro atoms. The van der Waals surface area contributed by atoms with Crippen molar-refractivity contribution in [1.82, 2.24) is 48.1 Å². The van der Waals surface area contributed by atoms with Crippen LogP contribution < -0.4 is 32.2 Å². The fourth-order valence-electron chi connectivity index (χ4n) is 16.4. The maximum absolute atomic E-state index is 13.5. The summed E-state index contributed by atoms with van der Waals surface area (Å²) in [5.41, 5.74) is 11.2. The standard InChI is InChI=1S/C34H42N4O4Si.C26H36N4O2Si.C22H27N3O4Si.C12H16ClN.C10H5ClF5NO3S/c1-43(2,3)19-18-41-25-37-24-36-32-20-29(15-16-30(32)33(37)39)38(34(40)42-23-26-10-6-4-7-11-26)22-27-14-17-31(35-21-27)28-12-8-5-9-13-28;1-33(2,3)14-13-32-19-30-26(31)24-11-10-23(15-22(24)18-29-30)27-16-20-9-12-25(28-17-20)21-7-5-4-6-8-21;1-30(2,3)12-11-28-16-25-15-23-20-13-18(9-10-19(20)21(25)26)24-22(27)29-14-17-7-5-4-6-8-17;13-8-10-6-7-12(14-9-10)11-4-2-1-3-5-11;11-10(18)3-1-2-17(3)21(19,20)9-7(15)5(13)4(12)6(14)8(9)16/h4,6-7,10-11,14-17,20-21,24,28H,5,8-9,12-13,18-19,22-23,25H2,1-3H3;9-12,15,17-18,21,27H,4-8,13-14,16,19H2,1-3H3;4-10,13,15H,11-12,14,16H2,1-3H3,(H,24,27);6-7,9,11H,1-5,8H2;3H,1-2H2/t;;;;3-/m....1/s1. The summed E-state index contributed by atoms with van der Waals surface area (Å²) in [6.45, 7) is 24.1. The number of rotatable bonds is 33. The predicted molar refractivity (Wildman–Crippen MR) is 550 cm³/mol. The highest BCUT2D eigenvalue weighted by Gasteiger charge is 2.46. The number of hydrogen-bond acceptors (Lipinski definition) is 20. The molecular formula is C104H126Cl2F5N13O13SSi3. The maximum atomic E-state index is 13.5. The molecule has 6 aromatic carbocycles. The number of carbonyl (C=O) groups is 3. The maximum Gasteiger partial charge on any atom is 0.414 e. The lowest BCUT2D eigenvalue weighted by molar-refractivity contribution is -0.117. The zero-order valence-corrected chi connectivity index (χ0v) is 86.7. The molecule has 3 saturated carbocycles. The van der Waals surface area contributed by atoms with Gasteiger partial charge in [-0.15, -0.1) is 11.6 Å². The van der Waals surface area contributed by atoms with Gasteiger partial charge in [0.1, 0.15) is 52.1 Å². The number of fused-ring (bicyclic) bond motifs is 3. The van der Waals surface area contributed by atoms with Crippen LogP contribution in [0.5, 0.6) is 0 Å². The van der Waals surface area contributed by atoms with Gasteiger partial charge in [-0.1, -0.05) is 196 Å². The fourth-order valence-corrected chi connectivity index (χ4v) is 20.8. The minimum atomic E-state index is -5.09. The first-order valence-corrected chi connectivity index (χ1v) is 61.5. The van der Waals surface area contributed by atoms with Crippen molar-refractivity contribution in [1.29, 1.82) is 0 Å².